The summed E-state index contributed by atoms with van der Waals surface area (Å²) in [4.78, 5) is 4.68. The van der Waals surface area contributed by atoms with Crippen molar-refractivity contribution < 1.29 is 4.74 Å². The molecule has 0 saturated carbocycles. The van der Waals surface area contributed by atoms with Gasteiger partial charge < -0.3 is 4.74 Å². The van der Waals surface area contributed by atoms with Crippen molar-refractivity contribution in [2.45, 2.75) is 0 Å². The second-order valence-corrected chi connectivity index (χ2v) is 5.94. The van der Waals surface area contributed by atoms with Gasteiger partial charge in [-0.1, -0.05) is 64.5 Å². The maximum absolute atomic E-state index is 5.39. The minimum atomic E-state index is 0.800. The quantitative estimate of drug-likeness (QED) is 0.529. The summed E-state index contributed by atoms with van der Waals surface area (Å²) in [5, 5.41) is 0. The Labute approximate surface area is 144 Å². The van der Waals surface area contributed by atoms with Crippen LogP contribution in [0.25, 0.3) is 11.1 Å². The number of hydrogen-bond acceptors (Lipinski definition) is 2. The van der Waals surface area contributed by atoms with Gasteiger partial charge in [0.25, 0.3) is 0 Å². The third kappa shape index (κ3) is 3.69. The molecule has 0 bridgehead atoms. The lowest BCUT2D eigenvalue weighted by molar-refractivity contribution is 0.414. The minimum Gasteiger partial charge on any atom is -0.496 e. The van der Waals surface area contributed by atoms with E-state index in [-0.39, 0.29) is 0 Å². The van der Waals surface area contributed by atoms with Crippen LogP contribution in [0.3, 0.4) is 0 Å². The lowest BCUT2D eigenvalue weighted by atomic mass is 10.0. The van der Waals surface area contributed by atoms with E-state index in [1.807, 2.05) is 60.8 Å². The average Bonchev–Trinajstić information content (AvgIpc) is 2.61. The lowest BCUT2D eigenvalue weighted by Gasteiger charge is -2.07. The Morgan fingerprint density at radius 3 is 2.43 bits per heavy atom. The molecule has 0 spiro atoms. The molecular formula is C20H16BrNO. The van der Waals surface area contributed by atoms with Crippen LogP contribution in [-0.2, 0) is 0 Å². The third-order valence-electron chi connectivity index (χ3n) is 3.52. The van der Waals surface area contributed by atoms with Crippen molar-refractivity contribution in [1.82, 2.24) is 0 Å². The molecule has 0 aliphatic rings. The molecule has 2 nitrogen and oxygen atoms in total. The summed E-state index contributed by atoms with van der Waals surface area (Å²) in [6, 6.07) is 24.3. The monoisotopic (exact) mass is 365 g/mol. The van der Waals surface area contributed by atoms with E-state index in [1.165, 1.54) is 0 Å². The highest BCUT2D eigenvalue weighted by Crippen LogP contribution is 2.30. The summed E-state index contributed by atoms with van der Waals surface area (Å²) in [7, 11) is 1.67. The van der Waals surface area contributed by atoms with Gasteiger partial charge in [-0.15, -0.1) is 0 Å². The molecule has 0 aliphatic heterocycles. The molecule has 3 aromatic rings. The van der Waals surface area contributed by atoms with E-state index >= 15 is 0 Å². The van der Waals surface area contributed by atoms with Crippen LogP contribution in [-0.4, -0.2) is 13.3 Å². The molecule has 0 aromatic heterocycles. The van der Waals surface area contributed by atoms with Crippen LogP contribution >= 0.6 is 15.9 Å². The fourth-order valence-electron chi connectivity index (χ4n) is 2.39. The Morgan fingerprint density at radius 1 is 0.913 bits per heavy atom. The SMILES string of the molecule is COc1ccc(Br)cc1C=Nc1ccccc1-c1ccccc1. The van der Waals surface area contributed by atoms with Crippen LogP contribution in [0.4, 0.5) is 5.69 Å². The van der Waals surface area contributed by atoms with Gasteiger partial charge in [0.2, 0.25) is 0 Å². The molecule has 3 heteroatoms. The highest BCUT2D eigenvalue weighted by molar-refractivity contribution is 9.10. The third-order valence-corrected chi connectivity index (χ3v) is 4.02. The van der Waals surface area contributed by atoms with E-state index < -0.39 is 0 Å². The maximum atomic E-state index is 5.39. The highest BCUT2D eigenvalue weighted by atomic mass is 79.9. The second kappa shape index (κ2) is 7.25. The van der Waals surface area contributed by atoms with Gasteiger partial charge in [-0.05, 0) is 29.8 Å². The summed E-state index contributed by atoms with van der Waals surface area (Å²) >= 11 is 3.49. The topological polar surface area (TPSA) is 21.6 Å². The number of methoxy groups -OCH3 is 1. The predicted molar refractivity (Wildman–Crippen MR) is 99.8 cm³/mol. The number of ether oxygens (including phenoxy) is 1. The zero-order chi connectivity index (χ0) is 16.1. The number of hydrogen-bond donors (Lipinski definition) is 0. The number of benzene rings is 3. The Hall–Kier alpha value is -2.39. The number of aliphatic imine (C=N–C) groups is 1. The Kier molecular flexibility index (Phi) is 4.89. The smallest absolute Gasteiger partial charge is 0.127 e. The summed E-state index contributed by atoms with van der Waals surface area (Å²) in [5.74, 6) is 0.800. The first-order chi connectivity index (χ1) is 11.3. The number of halogens is 1. The van der Waals surface area contributed by atoms with Gasteiger partial charge in [-0.2, -0.15) is 0 Å². The molecule has 23 heavy (non-hydrogen) atoms. The first-order valence-corrected chi connectivity index (χ1v) is 8.09. The fourth-order valence-corrected chi connectivity index (χ4v) is 2.77. The number of rotatable bonds is 4. The standard InChI is InChI=1S/C20H16BrNO/c1-23-20-12-11-17(21)13-16(20)14-22-19-10-6-5-9-18(19)15-7-3-2-4-8-15/h2-14H,1H3. The van der Waals surface area contributed by atoms with Gasteiger partial charge in [0, 0.05) is 21.8 Å². The summed E-state index contributed by atoms with van der Waals surface area (Å²) in [5.41, 5.74) is 4.13. The van der Waals surface area contributed by atoms with Crippen LogP contribution in [0.5, 0.6) is 5.75 Å². The summed E-state index contributed by atoms with van der Waals surface area (Å²) in [6.07, 6.45) is 1.84. The number of para-hydroxylation sites is 1. The summed E-state index contributed by atoms with van der Waals surface area (Å²) in [6.45, 7) is 0. The molecule has 0 N–H and O–H groups in total. The maximum Gasteiger partial charge on any atom is 0.127 e. The van der Waals surface area contributed by atoms with Gasteiger partial charge >= 0.3 is 0 Å². The lowest BCUT2D eigenvalue weighted by Crippen LogP contribution is -1.90. The minimum absolute atomic E-state index is 0.800. The fraction of sp³-hybridized carbons (Fsp3) is 0.0500. The van der Waals surface area contributed by atoms with Gasteiger partial charge in [0.05, 0.1) is 12.8 Å². The summed E-state index contributed by atoms with van der Waals surface area (Å²) < 4.78 is 6.39. The van der Waals surface area contributed by atoms with E-state index in [0.717, 1.165) is 32.6 Å². The molecule has 0 saturated heterocycles. The van der Waals surface area contributed by atoms with E-state index in [2.05, 4.69) is 39.1 Å². The van der Waals surface area contributed by atoms with E-state index in [4.69, 9.17) is 4.74 Å². The van der Waals surface area contributed by atoms with Gasteiger partial charge in [0.1, 0.15) is 5.75 Å². The highest BCUT2D eigenvalue weighted by Gasteiger charge is 2.04. The van der Waals surface area contributed by atoms with Crippen LogP contribution in [0.2, 0.25) is 0 Å². The molecule has 0 radical (unpaired) electrons. The Bertz CT molecular complexity index is 828. The van der Waals surface area contributed by atoms with Gasteiger partial charge in [0.15, 0.2) is 0 Å². The molecule has 0 aliphatic carbocycles. The molecule has 3 rings (SSSR count). The van der Waals surface area contributed by atoms with Crippen molar-refractivity contribution in [2.75, 3.05) is 7.11 Å². The van der Waals surface area contributed by atoms with Crippen LogP contribution in [0.1, 0.15) is 5.56 Å². The Balaban J connectivity index is 2.00. The van der Waals surface area contributed by atoms with Crippen molar-refractivity contribution >= 4 is 27.8 Å². The van der Waals surface area contributed by atoms with Crippen LogP contribution in [0.15, 0.2) is 82.3 Å². The van der Waals surface area contributed by atoms with Crippen molar-refractivity contribution in [1.29, 1.82) is 0 Å². The second-order valence-electron chi connectivity index (χ2n) is 5.03. The van der Waals surface area contributed by atoms with E-state index in [9.17, 15) is 0 Å². The van der Waals surface area contributed by atoms with E-state index in [0.29, 0.717) is 0 Å². The van der Waals surface area contributed by atoms with Crippen molar-refractivity contribution in [3.63, 3.8) is 0 Å². The van der Waals surface area contributed by atoms with Crippen molar-refractivity contribution in [2.24, 2.45) is 4.99 Å². The largest absolute Gasteiger partial charge is 0.496 e. The molecule has 0 amide bonds. The van der Waals surface area contributed by atoms with Crippen LogP contribution < -0.4 is 4.74 Å². The molecule has 0 fully saturated rings. The average molecular weight is 366 g/mol. The zero-order valence-corrected chi connectivity index (χ0v) is 14.3. The van der Waals surface area contributed by atoms with Crippen molar-refractivity contribution in [3.8, 4) is 16.9 Å². The van der Waals surface area contributed by atoms with Gasteiger partial charge in [-0.3, -0.25) is 4.99 Å². The number of nitrogens with zero attached hydrogens (tertiary/aromatic N) is 1. The normalized spacial score (nSPS) is 10.9. The molecular weight excluding hydrogens is 350 g/mol. The van der Waals surface area contributed by atoms with Gasteiger partial charge in [-0.25, -0.2) is 0 Å². The molecule has 0 heterocycles. The Morgan fingerprint density at radius 2 is 1.65 bits per heavy atom. The first kappa shape index (κ1) is 15.5. The molecule has 0 atom stereocenters. The first-order valence-electron chi connectivity index (χ1n) is 7.30. The van der Waals surface area contributed by atoms with E-state index in [1.54, 1.807) is 7.11 Å². The molecule has 114 valence electrons. The predicted octanol–water partition coefficient (Wildman–Crippen LogP) is 5.88. The zero-order valence-electron chi connectivity index (χ0n) is 12.7. The van der Waals surface area contributed by atoms with Crippen molar-refractivity contribution in [3.05, 3.63) is 82.8 Å². The molecule has 3 aromatic carbocycles. The van der Waals surface area contributed by atoms with Crippen LogP contribution in [0, 0.1) is 0 Å². The molecule has 0 unspecified atom stereocenters.